The summed E-state index contributed by atoms with van der Waals surface area (Å²) in [6.45, 7) is 7.97. The van der Waals surface area contributed by atoms with E-state index in [0.29, 0.717) is 6.54 Å². The molecule has 21 heavy (non-hydrogen) atoms. The Morgan fingerprint density at radius 2 is 2.05 bits per heavy atom. The average Bonchev–Trinajstić information content (AvgIpc) is 2.37. The van der Waals surface area contributed by atoms with Gasteiger partial charge in [-0.15, -0.1) is 0 Å². The maximum atomic E-state index is 12.3. The van der Waals surface area contributed by atoms with Crippen molar-refractivity contribution in [2.24, 2.45) is 0 Å². The van der Waals surface area contributed by atoms with Crippen molar-refractivity contribution >= 4 is 5.91 Å². The molecule has 1 unspecified atom stereocenters. The summed E-state index contributed by atoms with van der Waals surface area (Å²) in [6, 6.07) is 2.34. The number of carbonyl (C=O) groups is 1. The molecule has 1 saturated heterocycles. The highest BCUT2D eigenvalue weighted by molar-refractivity contribution is 5.79. The fourth-order valence-electron chi connectivity index (χ4n) is 3.64. The van der Waals surface area contributed by atoms with E-state index in [0.717, 1.165) is 45.2 Å². The minimum absolute atomic E-state index is 0.0386. The molecule has 1 aliphatic carbocycles. The number of nitriles is 1. The molecule has 1 N–H and O–H groups in total. The second kappa shape index (κ2) is 6.33. The van der Waals surface area contributed by atoms with Gasteiger partial charge in [-0.25, -0.2) is 0 Å². The summed E-state index contributed by atoms with van der Waals surface area (Å²) in [5.41, 5.74) is -0.863. The van der Waals surface area contributed by atoms with Crippen LogP contribution in [0.2, 0.25) is 0 Å². The number of hydrogen-bond acceptors (Lipinski definition) is 4. The predicted octanol–water partition coefficient (Wildman–Crippen LogP) is 1.83. The third kappa shape index (κ3) is 4.42. The standard InChI is InChI=1S/C16H27N3O2/c1-13-9-19(12-15(2,3)21-13)10-14(20)18-16(11-17)7-5-4-6-8-16/h13H,4-10,12H2,1-3H3,(H,18,20). The number of nitrogens with zero attached hydrogens (tertiary/aromatic N) is 2. The molecule has 1 heterocycles. The molecule has 118 valence electrons. The highest BCUT2D eigenvalue weighted by Gasteiger charge is 2.36. The number of rotatable bonds is 3. The molecule has 2 rings (SSSR count). The van der Waals surface area contributed by atoms with Crippen molar-refractivity contribution in [3.63, 3.8) is 0 Å². The number of hydrogen-bond donors (Lipinski definition) is 1. The van der Waals surface area contributed by atoms with Crippen LogP contribution in [0.1, 0.15) is 52.9 Å². The SMILES string of the molecule is CC1CN(CC(=O)NC2(C#N)CCCCC2)CC(C)(C)O1. The quantitative estimate of drug-likeness (QED) is 0.862. The molecule has 1 amide bonds. The summed E-state index contributed by atoms with van der Waals surface area (Å²) in [7, 11) is 0. The van der Waals surface area contributed by atoms with Gasteiger partial charge in [0, 0.05) is 13.1 Å². The molecule has 0 aromatic heterocycles. The molecule has 1 aliphatic heterocycles. The smallest absolute Gasteiger partial charge is 0.235 e. The van der Waals surface area contributed by atoms with Crippen LogP contribution in [0.25, 0.3) is 0 Å². The van der Waals surface area contributed by atoms with Crippen LogP contribution in [0.3, 0.4) is 0 Å². The van der Waals surface area contributed by atoms with Gasteiger partial charge in [0.1, 0.15) is 5.54 Å². The zero-order valence-corrected chi connectivity index (χ0v) is 13.4. The molecule has 0 bridgehead atoms. The molecule has 2 aliphatic rings. The molecular formula is C16H27N3O2. The van der Waals surface area contributed by atoms with Crippen LogP contribution in [0.15, 0.2) is 0 Å². The van der Waals surface area contributed by atoms with Gasteiger partial charge in [0.05, 0.1) is 24.3 Å². The summed E-state index contributed by atoms with van der Waals surface area (Å²) < 4.78 is 5.85. The molecule has 5 nitrogen and oxygen atoms in total. The van der Waals surface area contributed by atoms with Gasteiger partial charge in [0.2, 0.25) is 5.91 Å². The van der Waals surface area contributed by atoms with Gasteiger partial charge in [-0.1, -0.05) is 19.3 Å². The number of ether oxygens (including phenoxy) is 1. The van der Waals surface area contributed by atoms with Crippen LogP contribution >= 0.6 is 0 Å². The van der Waals surface area contributed by atoms with Crippen LogP contribution in [0, 0.1) is 11.3 Å². The number of nitrogens with one attached hydrogen (secondary N) is 1. The minimum Gasteiger partial charge on any atom is -0.370 e. The molecule has 5 heteroatoms. The molecule has 1 atom stereocenters. The topological polar surface area (TPSA) is 65.4 Å². The normalized spacial score (nSPS) is 28.6. The predicted molar refractivity (Wildman–Crippen MR) is 80.6 cm³/mol. The molecule has 1 saturated carbocycles. The van der Waals surface area contributed by atoms with Crippen molar-refractivity contribution in [1.82, 2.24) is 10.2 Å². The van der Waals surface area contributed by atoms with E-state index in [1.54, 1.807) is 0 Å². The summed E-state index contributed by atoms with van der Waals surface area (Å²) >= 11 is 0. The van der Waals surface area contributed by atoms with Crippen molar-refractivity contribution < 1.29 is 9.53 Å². The van der Waals surface area contributed by atoms with E-state index in [1.165, 1.54) is 0 Å². The number of morpholine rings is 1. The second-order valence-electron chi connectivity index (χ2n) is 7.16. The zero-order valence-electron chi connectivity index (χ0n) is 13.4. The Kier molecular flexibility index (Phi) is 4.90. The summed E-state index contributed by atoms with van der Waals surface area (Å²) in [5, 5.41) is 12.4. The Morgan fingerprint density at radius 1 is 1.38 bits per heavy atom. The van der Waals surface area contributed by atoms with E-state index >= 15 is 0 Å². The fraction of sp³-hybridized carbons (Fsp3) is 0.875. The van der Waals surface area contributed by atoms with Gasteiger partial charge in [-0.2, -0.15) is 5.26 Å². The molecule has 0 aromatic carbocycles. The lowest BCUT2D eigenvalue weighted by Gasteiger charge is -2.41. The molecule has 0 spiro atoms. The molecular weight excluding hydrogens is 266 g/mol. The van der Waals surface area contributed by atoms with E-state index in [-0.39, 0.29) is 17.6 Å². The lowest BCUT2D eigenvalue weighted by atomic mass is 9.83. The van der Waals surface area contributed by atoms with Crippen molar-refractivity contribution in [1.29, 1.82) is 5.26 Å². The van der Waals surface area contributed by atoms with Crippen LogP contribution in [-0.2, 0) is 9.53 Å². The van der Waals surface area contributed by atoms with Crippen LogP contribution in [-0.4, -0.2) is 47.7 Å². The van der Waals surface area contributed by atoms with E-state index < -0.39 is 5.54 Å². The first-order valence-corrected chi connectivity index (χ1v) is 7.97. The van der Waals surface area contributed by atoms with Gasteiger partial charge >= 0.3 is 0 Å². The fourth-order valence-corrected chi connectivity index (χ4v) is 3.64. The summed E-state index contributed by atoms with van der Waals surface area (Å²) in [4.78, 5) is 14.4. The minimum atomic E-state index is -0.636. The highest BCUT2D eigenvalue weighted by atomic mass is 16.5. The zero-order chi connectivity index (χ0) is 15.5. The van der Waals surface area contributed by atoms with Gasteiger partial charge in [-0.05, 0) is 33.6 Å². The molecule has 2 fully saturated rings. The van der Waals surface area contributed by atoms with Crippen molar-refractivity contribution in [2.75, 3.05) is 19.6 Å². The Bertz CT molecular complexity index is 422. The van der Waals surface area contributed by atoms with Gasteiger partial charge in [0.25, 0.3) is 0 Å². The Morgan fingerprint density at radius 3 is 2.62 bits per heavy atom. The Labute approximate surface area is 127 Å². The summed E-state index contributed by atoms with van der Waals surface area (Å²) in [6.07, 6.45) is 4.89. The van der Waals surface area contributed by atoms with Crippen LogP contribution < -0.4 is 5.32 Å². The van der Waals surface area contributed by atoms with Gasteiger partial charge in [-0.3, -0.25) is 9.69 Å². The Balaban J connectivity index is 1.90. The van der Waals surface area contributed by atoms with Crippen molar-refractivity contribution in [3.8, 4) is 6.07 Å². The van der Waals surface area contributed by atoms with Gasteiger partial charge < -0.3 is 10.1 Å². The first kappa shape index (κ1) is 16.3. The van der Waals surface area contributed by atoms with E-state index in [9.17, 15) is 10.1 Å². The largest absolute Gasteiger partial charge is 0.370 e. The maximum Gasteiger partial charge on any atom is 0.235 e. The van der Waals surface area contributed by atoms with Crippen LogP contribution in [0.5, 0.6) is 0 Å². The van der Waals surface area contributed by atoms with Crippen LogP contribution in [0.4, 0.5) is 0 Å². The number of carbonyl (C=O) groups excluding carboxylic acids is 1. The molecule has 0 radical (unpaired) electrons. The Hall–Kier alpha value is -1.12. The first-order chi connectivity index (χ1) is 9.84. The number of amides is 1. The highest BCUT2D eigenvalue weighted by Crippen LogP contribution is 2.27. The van der Waals surface area contributed by atoms with Crippen molar-refractivity contribution in [2.45, 2.75) is 70.1 Å². The van der Waals surface area contributed by atoms with E-state index in [1.807, 2.05) is 20.8 Å². The lowest BCUT2D eigenvalue weighted by molar-refractivity contribution is -0.140. The third-order valence-corrected chi connectivity index (χ3v) is 4.31. The third-order valence-electron chi connectivity index (χ3n) is 4.31. The van der Waals surface area contributed by atoms with E-state index in [2.05, 4.69) is 16.3 Å². The maximum absolute atomic E-state index is 12.3. The average molecular weight is 293 g/mol. The monoisotopic (exact) mass is 293 g/mol. The van der Waals surface area contributed by atoms with E-state index in [4.69, 9.17) is 4.74 Å². The van der Waals surface area contributed by atoms with Crippen molar-refractivity contribution in [3.05, 3.63) is 0 Å². The molecule has 0 aromatic rings. The first-order valence-electron chi connectivity index (χ1n) is 7.97. The second-order valence-corrected chi connectivity index (χ2v) is 7.16. The lowest BCUT2D eigenvalue weighted by Crippen LogP contribution is -2.56. The van der Waals surface area contributed by atoms with Gasteiger partial charge in [0.15, 0.2) is 0 Å². The summed E-state index contributed by atoms with van der Waals surface area (Å²) in [5.74, 6) is -0.0386.